The number of aliphatic hydroxyl groups excluding tert-OH is 7. The number of hydrogen-bond donors (Lipinski definition) is 8. The van der Waals surface area contributed by atoms with Crippen LogP contribution in [0.3, 0.4) is 0 Å². The third kappa shape index (κ3) is 7.69. The van der Waals surface area contributed by atoms with Crippen LogP contribution in [0.25, 0.3) is 0 Å². The molecule has 4 saturated carbocycles. The molecule has 376 valence electrons. The fourth-order valence-electron chi connectivity index (χ4n) is 15.8. The van der Waals surface area contributed by atoms with Gasteiger partial charge >= 0.3 is 5.97 Å². The second kappa shape index (κ2) is 17.4. The number of carbonyl (C=O) groups excluding carboxylic acids is 1. The largest absolute Gasteiger partial charge is 0.454 e. The number of carbonyl (C=O) groups is 1. The number of allylic oxidation sites excluding steroid dienone is 1. The average molecular weight is 941 g/mol. The van der Waals surface area contributed by atoms with Crippen LogP contribution in [-0.2, 0) is 47.4 Å². The van der Waals surface area contributed by atoms with E-state index in [1.54, 1.807) is 0 Å². The van der Waals surface area contributed by atoms with E-state index in [1.165, 1.54) is 6.92 Å². The Hall–Kier alpha value is -1.43. The van der Waals surface area contributed by atoms with E-state index >= 15 is 0 Å². The summed E-state index contributed by atoms with van der Waals surface area (Å²) in [6.45, 7) is 15.9. The van der Waals surface area contributed by atoms with Crippen molar-refractivity contribution >= 4 is 5.97 Å². The number of rotatable bonds is 9. The molecule has 9 aliphatic rings. The molecule has 2 spiro atoms. The Balaban J connectivity index is 0.939. The Bertz CT molecular complexity index is 1830. The normalized spacial score (nSPS) is 55.2. The van der Waals surface area contributed by atoms with Gasteiger partial charge in [0.1, 0.15) is 54.9 Å². The van der Waals surface area contributed by atoms with E-state index < -0.39 is 116 Å². The molecule has 18 nitrogen and oxygen atoms in total. The molecule has 0 aromatic heterocycles. The van der Waals surface area contributed by atoms with Gasteiger partial charge in [0.2, 0.25) is 0 Å². The molecule has 5 aliphatic heterocycles. The van der Waals surface area contributed by atoms with Gasteiger partial charge in [0.05, 0.1) is 44.2 Å². The fraction of sp³-hybridized carbons (Fsp3) is 0.938. The second-order valence-electron chi connectivity index (χ2n) is 23.1. The summed E-state index contributed by atoms with van der Waals surface area (Å²) in [6, 6.07) is 0. The topological polar surface area (TPSA) is 262 Å². The highest BCUT2D eigenvalue weighted by molar-refractivity contribution is 5.66. The van der Waals surface area contributed by atoms with E-state index in [0.717, 1.165) is 44.1 Å². The van der Waals surface area contributed by atoms with Gasteiger partial charge < -0.3 is 83.5 Å². The monoisotopic (exact) mass is 941 g/mol. The van der Waals surface area contributed by atoms with Crippen LogP contribution in [0, 0.1) is 45.3 Å². The van der Waals surface area contributed by atoms with Crippen molar-refractivity contribution in [3.05, 3.63) is 11.6 Å². The zero-order valence-electron chi connectivity index (χ0n) is 39.7. The first-order valence-corrected chi connectivity index (χ1v) is 24.3. The lowest BCUT2D eigenvalue weighted by atomic mass is 9.35. The number of aliphatic hydroxyl groups is 8. The molecule has 18 heteroatoms. The Labute approximate surface area is 387 Å². The van der Waals surface area contributed by atoms with Crippen LogP contribution in [0.5, 0.6) is 0 Å². The predicted octanol–water partition coefficient (Wildman–Crippen LogP) is 1.18. The Morgan fingerprint density at radius 1 is 0.742 bits per heavy atom. The molecule has 9 rings (SSSR count). The molecule has 24 unspecified atom stereocenters. The van der Waals surface area contributed by atoms with Crippen LogP contribution in [0.4, 0.5) is 0 Å². The van der Waals surface area contributed by atoms with Gasteiger partial charge in [-0.2, -0.15) is 0 Å². The molecule has 5 saturated heterocycles. The summed E-state index contributed by atoms with van der Waals surface area (Å²) in [5.41, 5.74) is -0.438. The molecular formula is C48H76O18. The van der Waals surface area contributed by atoms with Crippen molar-refractivity contribution in [1.82, 2.24) is 0 Å². The average Bonchev–Trinajstić information content (AvgIpc) is 3.76. The minimum absolute atomic E-state index is 0.0610. The fourth-order valence-corrected chi connectivity index (χ4v) is 15.8. The van der Waals surface area contributed by atoms with Gasteiger partial charge in [-0.1, -0.05) is 39.3 Å². The van der Waals surface area contributed by atoms with Gasteiger partial charge in [-0.25, -0.2) is 0 Å². The number of esters is 1. The van der Waals surface area contributed by atoms with Crippen LogP contribution in [0.2, 0.25) is 0 Å². The molecule has 9 fully saturated rings. The zero-order valence-corrected chi connectivity index (χ0v) is 39.7. The quantitative estimate of drug-likeness (QED) is 0.0917. The number of hydrogen-bond acceptors (Lipinski definition) is 18. The van der Waals surface area contributed by atoms with E-state index in [0.29, 0.717) is 25.4 Å². The molecule has 4 aliphatic carbocycles. The molecule has 66 heavy (non-hydrogen) atoms. The van der Waals surface area contributed by atoms with Crippen molar-refractivity contribution in [1.29, 1.82) is 0 Å². The van der Waals surface area contributed by atoms with Gasteiger partial charge in [-0.3, -0.25) is 4.79 Å². The molecule has 0 aromatic rings. The highest BCUT2D eigenvalue weighted by atomic mass is 16.8. The van der Waals surface area contributed by atoms with E-state index in [2.05, 4.69) is 47.6 Å². The van der Waals surface area contributed by atoms with E-state index in [9.17, 15) is 45.6 Å². The van der Waals surface area contributed by atoms with E-state index in [4.69, 9.17) is 42.6 Å². The van der Waals surface area contributed by atoms with Crippen molar-refractivity contribution in [2.24, 2.45) is 45.3 Å². The van der Waals surface area contributed by atoms with E-state index in [-0.39, 0.29) is 52.8 Å². The maximum Gasteiger partial charge on any atom is 0.303 e. The molecule has 0 amide bonds. The molecule has 8 N–H and O–H groups in total. The lowest BCUT2D eigenvalue weighted by molar-refractivity contribution is -0.381. The molecule has 0 aromatic carbocycles. The van der Waals surface area contributed by atoms with Gasteiger partial charge in [-0.15, -0.1) is 0 Å². The first kappa shape index (κ1) is 49.5. The first-order chi connectivity index (χ1) is 30.9. The van der Waals surface area contributed by atoms with Crippen LogP contribution in [0.15, 0.2) is 11.6 Å². The van der Waals surface area contributed by atoms with Crippen LogP contribution in [-0.4, -0.2) is 177 Å². The molecule has 0 radical (unpaired) electrons. The van der Waals surface area contributed by atoms with Gasteiger partial charge in [0, 0.05) is 31.1 Å². The Morgan fingerprint density at radius 3 is 2.14 bits per heavy atom. The van der Waals surface area contributed by atoms with Gasteiger partial charge in [0.25, 0.3) is 0 Å². The van der Waals surface area contributed by atoms with Crippen molar-refractivity contribution in [3.8, 4) is 0 Å². The lowest BCUT2D eigenvalue weighted by Gasteiger charge is -2.70. The minimum atomic E-state index is -1.80. The van der Waals surface area contributed by atoms with Gasteiger partial charge in [0.15, 0.2) is 30.8 Å². The van der Waals surface area contributed by atoms with Crippen LogP contribution < -0.4 is 0 Å². The third-order valence-corrected chi connectivity index (χ3v) is 18.6. The predicted molar refractivity (Wildman–Crippen MR) is 228 cm³/mol. The second-order valence-corrected chi connectivity index (χ2v) is 23.1. The van der Waals surface area contributed by atoms with Crippen molar-refractivity contribution in [2.45, 2.75) is 210 Å². The zero-order chi connectivity index (χ0) is 47.7. The summed E-state index contributed by atoms with van der Waals surface area (Å²) < 4.78 is 56.1. The molecule has 2 bridgehead atoms. The Kier molecular flexibility index (Phi) is 13.1. The first-order valence-electron chi connectivity index (χ1n) is 24.3. The van der Waals surface area contributed by atoms with E-state index in [1.807, 2.05) is 6.92 Å². The summed E-state index contributed by atoms with van der Waals surface area (Å²) in [4.78, 5) is 12.8. The number of ether oxygens (including phenoxy) is 9. The molecule has 5 heterocycles. The lowest BCUT2D eigenvalue weighted by Crippen LogP contribution is -2.67. The standard InChI is InChI=1S/C48H76O18/c1-22(2)15-24-16-46(8,57)39-25-9-10-30-44(6)13-12-31(43(4,5)29(44)11-14-45(30,7)47(25)20-48(39,66-24)60-21-47)63-41-38(61-23(3)50)36(27(52)19-59-41)64-42-37(34(55)33(54)28(17-49)62-42)65-40-35(56)32(53)26(51)18-58-40/h15,24-42,49,51-57H,9-14,16-21H2,1-8H3. The summed E-state index contributed by atoms with van der Waals surface area (Å²) >= 11 is 0. The Morgan fingerprint density at radius 2 is 1.44 bits per heavy atom. The molecular weight excluding hydrogens is 865 g/mol. The van der Waals surface area contributed by atoms with Crippen molar-refractivity contribution < 1.29 is 88.3 Å². The highest BCUT2D eigenvalue weighted by Gasteiger charge is 2.81. The summed E-state index contributed by atoms with van der Waals surface area (Å²) in [5, 5.41) is 86.7. The summed E-state index contributed by atoms with van der Waals surface area (Å²) in [7, 11) is 0. The van der Waals surface area contributed by atoms with Gasteiger partial charge in [-0.05, 0) is 93.3 Å². The maximum atomic E-state index is 12.8. The molecule has 24 atom stereocenters. The smallest absolute Gasteiger partial charge is 0.303 e. The maximum absolute atomic E-state index is 12.8. The third-order valence-electron chi connectivity index (χ3n) is 18.6. The SMILES string of the molecule is CC(=O)OC1C(OC2CCC3(C)C(CCC4(C)C3CCC3C5C(C)(O)CC(C=C(C)C)OC56CC34CO6)C2(C)C)OCC(O)C1OC1OC(CO)C(O)C(O)C1OC1OCC(O)C(O)C1O. The minimum Gasteiger partial charge on any atom is -0.454 e. The van der Waals surface area contributed by atoms with Crippen LogP contribution in [0.1, 0.15) is 107 Å². The summed E-state index contributed by atoms with van der Waals surface area (Å²) in [6.07, 6.45) is -11.7. The van der Waals surface area contributed by atoms with Crippen molar-refractivity contribution in [2.75, 3.05) is 26.4 Å². The van der Waals surface area contributed by atoms with Crippen molar-refractivity contribution in [3.63, 3.8) is 0 Å². The number of fused-ring (bicyclic) bond motifs is 4. The van der Waals surface area contributed by atoms with Crippen LogP contribution >= 0.6 is 0 Å². The highest BCUT2D eigenvalue weighted by Crippen LogP contribution is 2.80. The summed E-state index contributed by atoms with van der Waals surface area (Å²) in [5.74, 6) is -0.730.